The Morgan fingerprint density at radius 1 is 1.05 bits per heavy atom. The third-order valence-corrected chi connectivity index (χ3v) is 9.49. The first-order chi connectivity index (χ1) is 21.2. The standard InChI is InChI=1S/C32H46ClFN4O6/c33-26-19-35-30(36-20-26)38-12-6-24(7-13-38)3-1-16-44-27-5-4-25(28(34)18-27)17-29(42)37-14-10-32(43,11-15-37)9-2-8-31(21-39,22-40)23-41/h4-5,18-20,24,39-41,43H,1-3,6-17,21-23H2. The maximum Gasteiger partial charge on any atom is 0.227 e. The molecule has 4 rings (SSSR count). The average molecular weight is 637 g/mol. The summed E-state index contributed by atoms with van der Waals surface area (Å²) in [5.74, 6) is 1.10. The van der Waals surface area contributed by atoms with E-state index in [1.807, 2.05) is 0 Å². The number of anilines is 1. The predicted octanol–water partition coefficient (Wildman–Crippen LogP) is 3.37. The number of aliphatic hydroxyl groups excluding tert-OH is 3. The fourth-order valence-electron chi connectivity index (χ4n) is 6.09. The van der Waals surface area contributed by atoms with Gasteiger partial charge in [-0.15, -0.1) is 0 Å². The summed E-state index contributed by atoms with van der Waals surface area (Å²) in [5.41, 5.74) is -1.59. The van der Waals surface area contributed by atoms with Crippen molar-refractivity contribution in [3.8, 4) is 5.75 Å². The van der Waals surface area contributed by atoms with Crippen molar-refractivity contribution in [2.75, 3.05) is 57.5 Å². The minimum Gasteiger partial charge on any atom is -0.493 e. The molecule has 0 atom stereocenters. The Labute approximate surface area is 263 Å². The van der Waals surface area contributed by atoms with Gasteiger partial charge >= 0.3 is 0 Å². The summed E-state index contributed by atoms with van der Waals surface area (Å²) >= 11 is 5.88. The summed E-state index contributed by atoms with van der Waals surface area (Å²) in [6.07, 6.45) is 9.36. The number of likely N-dealkylation sites (tertiary alicyclic amines) is 1. The Morgan fingerprint density at radius 3 is 2.32 bits per heavy atom. The molecule has 12 heteroatoms. The average Bonchev–Trinajstić information content (AvgIpc) is 3.04. The van der Waals surface area contributed by atoms with E-state index in [1.165, 1.54) is 6.07 Å². The molecular formula is C32H46ClFN4O6. The molecular weight excluding hydrogens is 591 g/mol. The SMILES string of the molecule is O=C(Cc1ccc(OCCCC2CCN(c3ncc(Cl)cn3)CC2)cc1F)N1CCC(O)(CCCC(CO)(CO)CO)CC1. The van der Waals surface area contributed by atoms with E-state index in [0.717, 1.165) is 38.8 Å². The van der Waals surface area contributed by atoms with Crippen LogP contribution in [-0.2, 0) is 11.2 Å². The summed E-state index contributed by atoms with van der Waals surface area (Å²) in [5, 5.41) is 40.0. The largest absolute Gasteiger partial charge is 0.493 e. The molecule has 0 bridgehead atoms. The molecule has 2 aromatic rings. The van der Waals surface area contributed by atoms with Crippen LogP contribution >= 0.6 is 11.6 Å². The van der Waals surface area contributed by atoms with Gasteiger partial charge in [-0.2, -0.15) is 0 Å². The highest BCUT2D eigenvalue weighted by Gasteiger charge is 2.35. The number of carbonyl (C=O) groups excluding carboxylic acids is 1. The third-order valence-electron chi connectivity index (χ3n) is 9.30. The Bertz CT molecular complexity index is 1180. The van der Waals surface area contributed by atoms with Crippen molar-refractivity contribution in [3.63, 3.8) is 0 Å². The number of nitrogens with zero attached hydrogens (tertiary/aromatic N) is 4. The van der Waals surface area contributed by atoms with E-state index in [0.29, 0.717) is 80.0 Å². The Balaban J connectivity index is 1.13. The zero-order valence-corrected chi connectivity index (χ0v) is 26.1. The second-order valence-corrected chi connectivity index (χ2v) is 12.9. The molecule has 2 aliphatic heterocycles. The zero-order chi connectivity index (χ0) is 31.6. The summed E-state index contributed by atoms with van der Waals surface area (Å²) in [7, 11) is 0. The molecule has 244 valence electrons. The zero-order valence-electron chi connectivity index (χ0n) is 25.3. The maximum atomic E-state index is 14.9. The van der Waals surface area contributed by atoms with Crippen molar-refractivity contribution >= 4 is 23.5 Å². The number of hydrogen-bond donors (Lipinski definition) is 4. The molecule has 1 amide bonds. The molecule has 0 spiro atoms. The van der Waals surface area contributed by atoms with E-state index >= 15 is 0 Å². The highest BCUT2D eigenvalue weighted by Crippen LogP contribution is 2.32. The fourth-order valence-corrected chi connectivity index (χ4v) is 6.19. The first kappa shape index (κ1) is 34.3. The fraction of sp³-hybridized carbons (Fsp3) is 0.656. The number of piperidine rings is 2. The van der Waals surface area contributed by atoms with Crippen LogP contribution in [0.1, 0.15) is 63.4 Å². The van der Waals surface area contributed by atoms with Crippen molar-refractivity contribution in [3.05, 3.63) is 47.0 Å². The van der Waals surface area contributed by atoms with Gasteiger partial charge in [0.15, 0.2) is 0 Å². The van der Waals surface area contributed by atoms with Crippen molar-refractivity contribution < 1.29 is 34.3 Å². The number of aromatic nitrogens is 2. The van der Waals surface area contributed by atoms with Gasteiger partial charge < -0.3 is 35.0 Å². The lowest BCUT2D eigenvalue weighted by atomic mass is 9.80. The van der Waals surface area contributed by atoms with Crippen molar-refractivity contribution in [1.82, 2.24) is 14.9 Å². The van der Waals surface area contributed by atoms with Gasteiger partial charge in [0, 0.05) is 37.7 Å². The molecule has 44 heavy (non-hydrogen) atoms. The number of benzene rings is 1. The third kappa shape index (κ3) is 9.47. The minimum atomic E-state index is -0.953. The number of aliphatic hydroxyl groups is 4. The summed E-state index contributed by atoms with van der Waals surface area (Å²) in [4.78, 5) is 25.3. The van der Waals surface area contributed by atoms with Crippen LogP contribution < -0.4 is 9.64 Å². The Kier molecular flexibility index (Phi) is 12.6. The van der Waals surface area contributed by atoms with E-state index in [-0.39, 0.29) is 32.1 Å². The molecule has 1 aromatic carbocycles. The smallest absolute Gasteiger partial charge is 0.227 e. The lowest BCUT2D eigenvalue weighted by Crippen LogP contribution is -2.47. The second kappa shape index (κ2) is 16.1. The maximum absolute atomic E-state index is 14.9. The van der Waals surface area contributed by atoms with Gasteiger partial charge in [-0.1, -0.05) is 17.7 Å². The minimum absolute atomic E-state index is 0.0592. The normalized spacial score (nSPS) is 17.6. The monoisotopic (exact) mass is 636 g/mol. The van der Waals surface area contributed by atoms with Crippen LogP contribution in [0, 0.1) is 17.2 Å². The summed E-state index contributed by atoms with van der Waals surface area (Å²) in [6.45, 7) is 2.07. The molecule has 3 heterocycles. The van der Waals surface area contributed by atoms with Crippen molar-refractivity contribution in [2.24, 2.45) is 11.3 Å². The van der Waals surface area contributed by atoms with Crippen LogP contribution in [0.25, 0.3) is 0 Å². The van der Waals surface area contributed by atoms with Gasteiger partial charge in [-0.05, 0) is 75.3 Å². The first-order valence-electron chi connectivity index (χ1n) is 15.6. The van der Waals surface area contributed by atoms with Gasteiger partial charge in [-0.25, -0.2) is 14.4 Å². The summed E-state index contributed by atoms with van der Waals surface area (Å²) in [6, 6.07) is 4.65. The second-order valence-electron chi connectivity index (χ2n) is 12.5. The predicted molar refractivity (Wildman–Crippen MR) is 165 cm³/mol. The number of amides is 1. The van der Waals surface area contributed by atoms with Crippen LogP contribution in [0.4, 0.5) is 10.3 Å². The lowest BCUT2D eigenvalue weighted by molar-refractivity contribution is -0.135. The molecule has 4 N–H and O–H groups in total. The van der Waals surface area contributed by atoms with Crippen LogP contribution in [-0.4, -0.2) is 99.4 Å². The van der Waals surface area contributed by atoms with Gasteiger partial charge in [0.05, 0.1) is 55.9 Å². The molecule has 0 aliphatic carbocycles. The van der Waals surface area contributed by atoms with E-state index in [2.05, 4.69) is 14.9 Å². The summed E-state index contributed by atoms with van der Waals surface area (Å²) < 4.78 is 20.7. The Hall–Kier alpha value is -2.57. The molecule has 0 unspecified atom stereocenters. The van der Waals surface area contributed by atoms with Crippen LogP contribution in [0.5, 0.6) is 5.75 Å². The number of ether oxygens (including phenoxy) is 1. The molecule has 10 nitrogen and oxygen atoms in total. The van der Waals surface area contributed by atoms with Gasteiger partial charge in [0.25, 0.3) is 0 Å². The van der Waals surface area contributed by atoms with Crippen LogP contribution in [0.2, 0.25) is 5.02 Å². The van der Waals surface area contributed by atoms with E-state index in [9.17, 15) is 29.6 Å². The molecule has 1 aromatic heterocycles. The topological polar surface area (TPSA) is 139 Å². The van der Waals surface area contributed by atoms with Crippen LogP contribution in [0.3, 0.4) is 0 Å². The van der Waals surface area contributed by atoms with Crippen LogP contribution in [0.15, 0.2) is 30.6 Å². The highest BCUT2D eigenvalue weighted by atomic mass is 35.5. The van der Waals surface area contributed by atoms with Gasteiger partial charge in [0.1, 0.15) is 11.6 Å². The van der Waals surface area contributed by atoms with Gasteiger partial charge in [-0.3, -0.25) is 4.79 Å². The molecule has 0 saturated carbocycles. The number of carbonyl (C=O) groups is 1. The molecule has 0 radical (unpaired) electrons. The molecule has 2 fully saturated rings. The number of hydrogen-bond acceptors (Lipinski definition) is 9. The lowest BCUT2D eigenvalue weighted by Gasteiger charge is -2.39. The van der Waals surface area contributed by atoms with E-state index < -0.39 is 16.8 Å². The molecule has 2 aliphatic rings. The number of halogens is 2. The van der Waals surface area contributed by atoms with Crippen molar-refractivity contribution in [2.45, 2.75) is 69.8 Å². The van der Waals surface area contributed by atoms with E-state index in [1.54, 1.807) is 29.4 Å². The highest BCUT2D eigenvalue weighted by molar-refractivity contribution is 6.30. The van der Waals surface area contributed by atoms with Crippen molar-refractivity contribution in [1.29, 1.82) is 0 Å². The number of rotatable bonds is 15. The van der Waals surface area contributed by atoms with Gasteiger partial charge in [0.2, 0.25) is 11.9 Å². The van der Waals surface area contributed by atoms with E-state index in [4.69, 9.17) is 16.3 Å². The Morgan fingerprint density at radius 2 is 1.70 bits per heavy atom. The molecule has 2 saturated heterocycles. The quantitative estimate of drug-likeness (QED) is 0.217. The first-order valence-corrected chi connectivity index (χ1v) is 16.0.